The van der Waals surface area contributed by atoms with Gasteiger partial charge in [-0.15, -0.1) is 0 Å². The van der Waals surface area contributed by atoms with Gasteiger partial charge in [0.25, 0.3) is 0 Å². The molecule has 0 aliphatic carbocycles. The van der Waals surface area contributed by atoms with Crippen molar-refractivity contribution in [2.24, 2.45) is 5.73 Å². The molecule has 0 heterocycles. The SMILES string of the molecule is COc1ccccc1COc1ccccc1C(C)N. The van der Waals surface area contributed by atoms with Gasteiger partial charge in [0.15, 0.2) is 0 Å². The quantitative estimate of drug-likeness (QED) is 0.893. The van der Waals surface area contributed by atoms with Gasteiger partial charge in [0.05, 0.1) is 7.11 Å². The molecule has 3 nitrogen and oxygen atoms in total. The lowest BCUT2D eigenvalue weighted by Gasteiger charge is -2.15. The standard InChI is InChI=1S/C16H19NO2/c1-12(17)14-8-4-6-10-16(14)19-11-13-7-3-5-9-15(13)18-2/h3-10,12H,11,17H2,1-2H3. The van der Waals surface area contributed by atoms with Gasteiger partial charge in [-0.25, -0.2) is 0 Å². The molecule has 0 aromatic heterocycles. The third-order valence-electron chi connectivity index (χ3n) is 2.99. The second-order valence-electron chi connectivity index (χ2n) is 4.43. The van der Waals surface area contributed by atoms with Gasteiger partial charge in [-0.05, 0) is 19.1 Å². The predicted molar refractivity (Wildman–Crippen MR) is 76.4 cm³/mol. The minimum Gasteiger partial charge on any atom is -0.496 e. The first kappa shape index (κ1) is 13.4. The van der Waals surface area contributed by atoms with Crippen LogP contribution in [0.25, 0.3) is 0 Å². The number of benzene rings is 2. The third kappa shape index (κ3) is 3.26. The fourth-order valence-electron chi connectivity index (χ4n) is 1.97. The minimum absolute atomic E-state index is 0.0473. The zero-order valence-electron chi connectivity index (χ0n) is 11.3. The molecule has 0 spiro atoms. The molecule has 0 bridgehead atoms. The van der Waals surface area contributed by atoms with Crippen LogP contribution in [-0.2, 0) is 6.61 Å². The molecule has 0 fully saturated rings. The normalized spacial score (nSPS) is 11.9. The molecule has 0 amide bonds. The van der Waals surface area contributed by atoms with E-state index in [1.54, 1.807) is 7.11 Å². The van der Waals surface area contributed by atoms with Crippen LogP contribution in [0.1, 0.15) is 24.1 Å². The lowest BCUT2D eigenvalue weighted by atomic mass is 10.1. The number of hydrogen-bond acceptors (Lipinski definition) is 3. The van der Waals surface area contributed by atoms with E-state index in [1.165, 1.54) is 0 Å². The third-order valence-corrected chi connectivity index (χ3v) is 2.99. The average Bonchev–Trinajstić information content (AvgIpc) is 2.45. The Morgan fingerprint density at radius 3 is 2.32 bits per heavy atom. The minimum atomic E-state index is -0.0473. The van der Waals surface area contributed by atoms with Crippen molar-refractivity contribution in [2.75, 3.05) is 7.11 Å². The van der Waals surface area contributed by atoms with Gasteiger partial charge >= 0.3 is 0 Å². The Bertz CT molecular complexity index is 538. The molecule has 2 aromatic carbocycles. The second-order valence-corrected chi connectivity index (χ2v) is 4.43. The van der Waals surface area contributed by atoms with Gasteiger partial charge in [0, 0.05) is 17.2 Å². The molecule has 3 heteroatoms. The highest BCUT2D eigenvalue weighted by Crippen LogP contribution is 2.25. The van der Waals surface area contributed by atoms with E-state index in [0.717, 1.165) is 22.6 Å². The largest absolute Gasteiger partial charge is 0.496 e. The lowest BCUT2D eigenvalue weighted by Crippen LogP contribution is -2.08. The van der Waals surface area contributed by atoms with Crippen molar-refractivity contribution in [2.45, 2.75) is 19.6 Å². The second kappa shape index (κ2) is 6.25. The highest BCUT2D eigenvalue weighted by molar-refractivity contribution is 5.37. The molecule has 2 N–H and O–H groups in total. The van der Waals surface area contributed by atoms with Gasteiger partial charge in [0.2, 0.25) is 0 Å². The summed E-state index contributed by atoms with van der Waals surface area (Å²) in [6, 6.07) is 15.6. The van der Waals surface area contributed by atoms with E-state index < -0.39 is 0 Å². The molecule has 1 atom stereocenters. The van der Waals surface area contributed by atoms with E-state index in [4.69, 9.17) is 15.2 Å². The lowest BCUT2D eigenvalue weighted by molar-refractivity contribution is 0.292. The summed E-state index contributed by atoms with van der Waals surface area (Å²) in [6.45, 7) is 2.42. The number of methoxy groups -OCH3 is 1. The molecular weight excluding hydrogens is 238 g/mol. The molecule has 0 saturated heterocycles. The fourth-order valence-corrected chi connectivity index (χ4v) is 1.97. The Balaban J connectivity index is 2.15. The van der Waals surface area contributed by atoms with Crippen molar-refractivity contribution in [1.82, 2.24) is 0 Å². The Morgan fingerprint density at radius 1 is 1.00 bits per heavy atom. The Hall–Kier alpha value is -2.00. The first-order valence-corrected chi connectivity index (χ1v) is 6.31. The van der Waals surface area contributed by atoms with Crippen molar-refractivity contribution < 1.29 is 9.47 Å². The number of rotatable bonds is 5. The summed E-state index contributed by atoms with van der Waals surface area (Å²) >= 11 is 0. The maximum atomic E-state index is 5.93. The summed E-state index contributed by atoms with van der Waals surface area (Å²) in [4.78, 5) is 0. The first-order chi connectivity index (χ1) is 9.22. The van der Waals surface area contributed by atoms with Gasteiger partial charge in [-0.3, -0.25) is 0 Å². The molecule has 0 aliphatic rings. The van der Waals surface area contributed by atoms with E-state index in [9.17, 15) is 0 Å². The van der Waals surface area contributed by atoms with Crippen LogP contribution in [-0.4, -0.2) is 7.11 Å². The van der Waals surface area contributed by atoms with Crippen LogP contribution in [0, 0.1) is 0 Å². The van der Waals surface area contributed by atoms with Crippen molar-refractivity contribution in [3.63, 3.8) is 0 Å². The highest BCUT2D eigenvalue weighted by atomic mass is 16.5. The van der Waals surface area contributed by atoms with Crippen molar-refractivity contribution >= 4 is 0 Å². The Morgan fingerprint density at radius 2 is 1.63 bits per heavy atom. The molecular formula is C16H19NO2. The van der Waals surface area contributed by atoms with Gasteiger partial charge < -0.3 is 15.2 Å². The molecule has 2 aromatic rings. The summed E-state index contributed by atoms with van der Waals surface area (Å²) in [5.41, 5.74) is 7.96. The van der Waals surface area contributed by atoms with E-state index in [1.807, 2.05) is 55.5 Å². The van der Waals surface area contributed by atoms with Crippen LogP contribution in [0.3, 0.4) is 0 Å². The summed E-state index contributed by atoms with van der Waals surface area (Å²) < 4.78 is 11.2. The van der Waals surface area contributed by atoms with E-state index in [-0.39, 0.29) is 6.04 Å². The van der Waals surface area contributed by atoms with Crippen LogP contribution < -0.4 is 15.2 Å². The Labute approximate surface area is 114 Å². The monoisotopic (exact) mass is 257 g/mol. The highest BCUT2D eigenvalue weighted by Gasteiger charge is 2.08. The Kier molecular flexibility index (Phi) is 4.42. The zero-order chi connectivity index (χ0) is 13.7. The predicted octanol–water partition coefficient (Wildman–Crippen LogP) is 3.29. The maximum absolute atomic E-state index is 5.93. The van der Waals surface area contributed by atoms with Crippen LogP contribution >= 0.6 is 0 Å². The maximum Gasteiger partial charge on any atom is 0.125 e. The molecule has 1 unspecified atom stereocenters. The molecule has 0 aliphatic heterocycles. The van der Waals surface area contributed by atoms with E-state index in [2.05, 4.69) is 0 Å². The number of nitrogens with two attached hydrogens (primary N) is 1. The van der Waals surface area contributed by atoms with Crippen LogP contribution in [0.5, 0.6) is 11.5 Å². The topological polar surface area (TPSA) is 44.5 Å². The summed E-state index contributed by atoms with van der Waals surface area (Å²) in [5, 5.41) is 0. The molecule has 0 radical (unpaired) electrons. The summed E-state index contributed by atoms with van der Waals surface area (Å²) in [5.74, 6) is 1.66. The summed E-state index contributed by atoms with van der Waals surface area (Å²) in [7, 11) is 1.66. The summed E-state index contributed by atoms with van der Waals surface area (Å²) in [6.07, 6.45) is 0. The average molecular weight is 257 g/mol. The van der Waals surface area contributed by atoms with E-state index >= 15 is 0 Å². The fraction of sp³-hybridized carbons (Fsp3) is 0.250. The number of hydrogen-bond donors (Lipinski definition) is 1. The molecule has 19 heavy (non-hydrogen) atoms. The van der Waals surface area contributed by atoms with Gasteiger partial charge in [0.1, 0.15) is 18.1 Å². The first-order valence-electron chi connectivity index (χ1n) is 6.31. The van der Waals surface area contributed by atoms with Gasteiger partial charge in [-0.1, -0.05) is 36.4 Å². The van der Waals surface area contributed by atoms with Crippen LogP contribution in [0.4, 0.5) is 0 Å². The van der Waals surface area contributed by atoms with Crippen LogP contribution in [0.2, 0.25) is 0 Å². The number of ether oxygens (including phenoxy) is 2. The molecule has 2 rings (SSSR count). The molecule has 0 saturated carbocycles. The van der Waals surface area contributed by atoms with Crippen molar-refractivity contribution in [1.29, 1.82) is 0 Å². The van der Waals surface area contributed by atoms with Crippen molar-refractivity contribution in [3.05, 3.63) is 59.7 Å². The zero-order valence-corrected chi connectivity index (χ0v) is 11.3. The van der Waals surface area contributed by atoms with Crippen molar-refractivity contribution in [3.8, 4) is 11.5 Å². The van der Waals surface area contributed by atoms with Gasteiger partial charge in [-0.2, -0.15) is 0 Å². The van der Waals surface area contributed by atoms with Crippen LogP contribution in [0.15, 0.2) is 48.5 Å². The smallest absolute Gasteiger partial charge is 0.125 e. The number of para-hydroxylation sites is 2. The van der Waals surface area contributed by atoms with E-state index in [0.29, 0.717) is 6.61 Å². The molecule has 100 valence electrons.